The highest BCUT2D eigenvalue weighted by atomic mass is 32.2. The Hall–Kier alpha value is -0.770. The Balaban J connectivity index is 2.35. The highest BCUT2D eigenvalue weighted by Gasteiger charge is 2.34. The van der Waals surface area contributed by atoms with E-state index in [1.807, 2.05) is 6.26 Å². The second-order valence-corrected chi connectivity index (χ2v) is 6.99. The van der Waals surface area contributed by atoms with Gasteiger partial charge in [-0.1, -0.05) is 40.9 Å². The van der Waals surface area contributed by atoms with Crippen molar-refractivity contribution in [3.8, 4) is 0 Å². The smallest absolute Gasteiger partial charge is 0.326 e. The molecular weight excluding hydrogens is 327 g/mol. The van der Waals surface area contributed by atoms with E-state index in [9.17, 15) is 13.2 Å². The fourth-order valence-electron chi connectivity index (χ4n) is 1.43. The second-order valence-electron chi connectivity index (χ2n) is 3.67. The van der Waals surface area contributed by atoms with Crippen molar-refractivity contribution in [2.45, 2.75) is 26.3 Å². The van der Waals surface area contributed by atoms with Crippen LogP contribution < -0.4 is 5.73 Å². The number of rotatable bonds is 4. The summed E-state index contributed by atoms with van der Waals surface area (Å²) in [5, 5.41) is 7.73. The maximum absolute atomic E-state index is 13.0. The molecule has 0 saturated carbocycles. The minimum absolute atomic E-state index is 0.0729. The summed E-state index contributed by atoms with van der Waals surface area (Å²) < 4.78 is 40.4. The lowest BCUT2D eigenvalue weighted by Crippen LogP contribution is -2.08. The monoisotopic (exact) mass is 337 g/mol. The van der Waals surface area contributed by atoms with Crippen LogP contribution in [0.1, 0.15) is 11.1 Å². The van der Waals surface area contributed by atoms with Gasteiger partial charge in [0, 0.05) is 11.4 Å². The first-order valence-electron chi connectivity index (χ1n) is 5.39. The minimum atomic E-state index is -4.42. The van der Waals surface area contributed by atoms with E-state index in [4.69, 9.17) is 5.73 Å². The van der Waals surface area contributed by atoms with Crippen LogP contribution in [0, 0.1) is 0 Å². The zero-order valence-electron chi connectivity index (χ0n) is 10.3. The molecule has 0 atom stereocenters. The van der Waals surface area contributed by atoms with Crippen LogP contribution in [0.15, 0.2) is 31.8 Å². The molecule has 0 unspecified atom stereocenters. The Morgan fingerprint density at radius 1 is 1.25 bits per heavy atom. The summed E-state index contributed by atoms with van der Waals surface area (Å²) in [4.78, 5) is 0.110. The van der Waals surface area contributed by atoms with Gasteiger partial charge in [-0.05, 0) is 24.0 Å². The lowest BCUT2D eigenvalue weighted by molar-refractivity contribution is -0.139. The van der Waals surface area contributed by atoms with E-state index in [1.165, 1.54) is 29.2 Å². The van der Waals surface area contributed by atoms with Gasteiger partial charge >= 0.3 is 6.18 Å². The van der Waals surface area contributed by atoms with Crippen LogP contribution in [0.3, 0.4) is 0 Å². The fourth-order valence-corrected chi connectivity index (χ4v) is 3.96. The summed E-state index contributed by atoms with van der Waals surface area (Å²) in [7, 11) is 0. The molecule has 1 heterocycles. The highest BCUT2D eigenvalue weighted by molar-refractivity contribution is 8.03. The number of nitrogens with two attached hydrogens (primary N) is 1. The molecule has 0 bridgehead atoms. The van der Waals surface area contributed by atoms with Crippen molar-refractivity contribution < 1.29 is 13.2 Å². The zero-order valence-corrected chi connectivity index (χ0v) is 12.7. The molecule has 108 valence electrons. The first-order valence-corrected chi connectivity index (χ1v) is 8.25. The average Bonchev–Trinajstić information content (AvgIpc) is 2.85. The van der Waals surface area contributed by atoms with E-state index in [-0.39, 0.29) is 11.4 Å². The quantitative estimate of drug-likeness (QED) is 0.858. The van der Waals surface area contributed by atoms with E-state index in [2.05, 4.69) is 10.2 Å². The molecule has 2 aromatic rings. The Morgan fingerprint density at radius 3 is 2.50 bits per heavy atom. The zero-order chi connectivity index (χ0) is 14.8. The Labute approximate surface area is 126 Å². The van der Waals surface area contributed by atoms with Gasteiger partial charge in [-0.3, -0.25) is 0 Å². The number of benzene rings is 1. The van der Waals surface area contributed by atoms with Gasteiger partial charge in [0.1, 0.15) is 0 Å². The van der Waals surface area contributed by atoms with Crippen molar-refractivity contribution in [3.05, 3.63) is 29.3 Å². The van der Waals surface area contributed by atoms with Gasteiger partial charge in [-0.2, -0.15) is 13.2 Å². The van der Waals surface area contributed by atoms with Gasteiger partial charge in [0.25, 0.3) is 0 Å². The SMILES string of the molecule is CSc1nnc(Sc2ccc(CN)cc2C(F)(F)F)s1. The molecular formula is C11H10F3N3S3. The van der Waals surface area contributed by atoms with E-state index >= 15 is 0 Å². The van der Waals surface area contributed by atoms with Gasteiger partial charge in [-0.15, -0.1) is 10.2 Å². The van der Waals surface area contributed by atoms with Gasteiger partial charge in [0.15, 0.2) is 8.68 Å². The summed E-state index contributed by atoms with van der Waals surface area (Å²) in [6, 6.07) is 4.10. The molecule has 3 nitrogen and oxygen atoms in total. The first-order chi connectivity index (χ1) is 9.44. The van der Waals surface area contributed by atoms with Crippen LogP contribution in [0.5, 0.6) is 0 Å². The third-order valence-electron chi connectivity index (χ3n) is 2.34. The van der Waals surface area contributed by atoms with E-state index in [0.29, 0.717) is 9.90 Å². The Kier molecular flexibility index (Phi) is 4.95. The summed E-state index contributed by atoms with van der Waals surface area (Å²) in [5.74, 6) is 0. The Bertz CT molecular complexity index is 598. The van der Waals surface area contributed by atoms with Crippen LogP contribution >= 0.6 is 34.9 Å². The molecule has 1 aromatic carbocycles. The van der Waals surface area contributed by atoms with Crippen molar-refractivity contribution in [2.75, 3.05) is 6.26 Å². The summed E-state index contributed by atoms with van der Waals surface area (Å²) in [6.07, 6.45) is -2.58. The largest absolute Gasteiger partial charge is 0.417 e. The fraction of sp³-hybridized carbons (Fsp3) is 0.273. The molecule has 0 aliphatic heterocycles. The third-order valence-corrected chi connectivity index (χ3v) is 5.37. The molecule has 9 heteroatoms. The second kappa shape index (κ2) is 6.33. The number of aromatic nitrogens is 2. The molecule has 0 aliphatic carbocycles. The van der Waals surface area contributed by atoms with Gasteiger partial charge in [0.05, 0.1) is 5.56 Å². The number of hydrogen-bond acceptors (Lipinski definition) is 6. The molecule has 1 aromatic heterocycles. The van der Waals surface area contributed by atoms with Crippen LogP contribution in [0.2, 0.25) is 0 Å². The predicted octanol–water partition coefficient (Wildman–Crippen LogP) is 3.89. The number of thioether (sulfide) groups is 1. The average molecular weight is 337 g/mol. The maximum Gasteiger partial charge on any atom is 0.417 e. The first kappa shape index (κ1) is 15.6. The van der Waals surface area contributed by atoms with E-state index in [1.54, 1.807) is 6.07 Å². The van der Waals surface area contributed by atoms with Crippen LogP contribution in [0.4, 0.5) is 13.2 Å². The molecule has 2 rings (SSSR count). The lowest BCUT2D eigenvalue weighted by atomic mass is 10.1. The van der Waals surface area contributed by atoms with Gasteiger partial charge in [0.2, 0.25) is 0 Å². The third kappa shape index (κ3) is 3.66. The number of nitrogens with zero attached hydrogens (tertiary/aromatic N) is 2. The summed E-state index contributed by atoms with van der Waals surface area (Å²) >= 11 is 3.64. The molecule has 0 amide bonds. The highest BCUT2D eigenvalue weighted by Crippen LogP contribution is 2.41. The number of halogens is 3. The minimum Gasteiger partial charge on any atom is -0.326 e. The van der Waals surface area contributed by atoms with Crippen molar-refractivity contribution in [1.29, 1.82) is 0 Å². The topological polar surface area (TPSA) is 51.8 Å². The molecule has 0 aliphatic rings. The van der Waals surface area contributed by atoms with Gasteiger partial charge < -0.3 is 5.73 Å². The number of hydrogen-bond donors (Lipinski definition) is 1. The van der Waals surface area contributed by atoms with Crippen LogP contribution in [-0.4, -0.2) is 16.5 Å². The lowest BCUT2D eigenvalue weighted by Gasteiger charge is -2.12. The molecule has 0 saturated heterocycles. The predicted molar refractivity (Wildman–Crippen MR) is 75.1 cm³/mol. The van der Waals surface area contributed by atoms with Crippen molar-refractivity contribution in [3.63, 3.8) is 0 Å². The number of alkyl halides is 3. The summed E-state index contributed by atoms with van der Waals surface area (Å²) in [5.41, 5.74) is 5.15. The standard InChI is InChI=1S/C11H10F3N3S3/c1-18-9-16-17-10(20-9)19-8-3-2-6(5-15)4-7(8)11(12,13)14/h2-4H,5,15H2,1H3. The molecule has 0 spiro atoms. The maximum atomic E-state index is 13.0. The molecule has 2 N–H and O–H groups in total. The molecule has 0 fully saturated rings. The Morgan fingerprint density at radius 2 is 1.95 bits per heavy atom. The van der Waals surface area contributed by atoms with Crippen LogP contribution in [-0.2, 0) is 12.7 Å². The van der Waals surface area contributed by atoms with Crippen molar-refractivity contribution in [2.24, 2.45) is 5.73 Å². The van der Waals surface area contributed by atoms with Crippen molar-refractivity contribution >= 4 is 34.9 Å². The molecule has 0 radical (unpaired) electrons. The van der Waals surface area contributed by atoms with Gasteiger partial charge in [-0.25, -0.2) is 0 Å². The summed E-state index contributed by atoms with van der Waals surface area (Å²) in [6.45, 7) is 0.0729. The van der Waals surface area contributed by atoms with E-state index < -0.39 is 11.7 Å². The molecule has 20 heavy (non-hydrogen) atoms. The van der Waals surface area contributed by atoms with Crippen LogP contribution in [0.25, 0.3) is 0 Å². The van der Waals surface area contributed by atoms with Crippen molar-refractivity contribution in [1.82, 2.24) is 10.2 Å². The normalized spacial score (nSPS) is 11.8. The van der Waals surface area contributed by atoms with E-state index in [0.717, 1.165) is 22.2 Å².